The first-order valence-corrected chi connectivity index (χ1v) is 8.00. The Morgan fingerprint density at radius 1 is 1.21 bits per heavy atom. The lowest BCUT2D eigenvalue weighted by Gasteiger charge is -2.22. The maximum Gasteiger partial charge on any atom is 0.306 e. The van der Waals surface area contributed by atoms with Crippen molar-refractivity contribution in [1.29, 1.82) is 0 Å². The average Bonchev–Trinajstić information content (AvgIpc) is 2.90. The van der Waals surface area contributed by atoms with Crippen LogP contribution < -0.4 is 0 Å². The first-order valence-electron chi connectivity index (χ1n) is 6.39. The summed E-state index contributed by atoms with van der Waals surface area (Å²) < 4.78 is 28.9. The molecule has 0 radical (unpaired) electrons. The maximum atomic E-state index is 12.2. The fourth-order valence-electron chi connectivity index (χ4n) is 2.12. The highest BCUT2D eigenvalue weighted by Gasteiger charge is 2.37. The molecule has 7 heteroatoms. The second kappa shape index (κ2) is 6.36. The first kappa shape index (κ1) is 15.9. The van der Waals surface area contributed by atoms with Crippen molar-refractivity contribution < 1.29 is 22.7 Å². The summed E-state index contributed by atoms with van der Waals surface area (Å²) in [6.07, 6.45) is 1.60. The predicted octanol–water partition coefficient (Wildman–Crippen LogP) is 0.364. The number of carbonyl (C=O) groups is 2. The van der Waals surface area contributed by atoms with Crippen LogP contribution in [0.25, 0.3) is 0 Å². The molecule has 0 aromatic carbocycles. The Balaban J connectivity index is 2.74. The Kier molecular flexibility index (Phi) is 5.34. The minimum atomic E-state index is -3.67. The quantitative estimate of drug-likeness (QED) is 0.683. The molecule has 0 aromatic rings. The number of rotatable bonds is 5. The number of methoxy groups -OCH3 is 1. The van der Waals surface area contributed by atoms with E-state index in [2.05, 4.69) is 4.74 Å². The zero-order chi connectivity index (χ0) is 14.6. The lowest BCUT2D eigenvalue weighted by molar-refractivity contribution is -0.140. The molecule has 0 aliphatic carbocycles. The largest absolute Gasteiger partial charge is 0.469 e. The van der Waals surface area contributed by atoms with Gasteiger partial charge in [-0.1, -0.05) is 0 Å². The van der Waals surface area contributed by atoms with Crippen LogP contribution in [0, 0.1) is 0 Å². The molecule has 2 unspecified atom stereocenters. The van der Waals surface area contributed by atoms with E-state index in [-0.39, 0.29) is 12.3 Å². The van der Waals surface area contributed by atoms with Gasteiger partial charge in [0.2, 0.25) is 5.91 Å². The van der Waals surface area contributed by atoms with Crippen molar-refractivity contribution in [2.45, 2.75) is 43.6 Å². The van der Waals surface area contributed by atoms with Crippen LogP contribution in [-0.4, -0.2) is 55.9 Å². The zero-order valence-corrected chi connectivity index (χ0v) is 12.4. The van der Waals surface area contributed by atoms with Crippen molar-refractivity contribution in [3.8, 4) is 0 Å². The smallest absolute Gasteiger partial charge is 0.306 e. The predicted molar refractivity (Wildman–Crippen MR) is 70.3 cm³/mol. The average molecular weight is 291 g/mol. The standard InChI is InChI=1S/C12H21NO5S/c1-9(8-11(14)18-3)19(16,17)10(2)12(15)13-6-4-5-7-13/h9-10H,4-8H2,1-3H3. The Hall–Kier alpha value is -1.11. The summed E-state index contributed by atoms with van der Waals surface area (Å²) in [5.41, 5.74) is 0. The SMILES string of the molecule is COC(=O)CC(C)S(=O)(=O)C(C)C(=O)N1CCCC1. The molecule has 1 fully saturated rings. The van der Waals surface area contributed by atoms with Gasteiger partial charge in [-0.15, -0.1) is 0 Å². The molecule has 0 N–H and O–H groups in total. The van der Waals surface area contributed by atoms with Crippen molar-refractivity contribution >= 4 is 21.7 Å². The summed E-state index contributed by atoms with van der Waals surface area (Å²) >= 11 is 0. The van der Waals surface area contributed by atoms with Gasteiger partial charge in [0.25, 0.3) is 0 Å². The summed E-state index contributed by atoms with van der Waals surface area (Å²) in [7, 11) is -2.46. The molecule has 1 aliphatic rings. The van der Waals surface area contributed by atoms with Gasteiger partial charge in [0.1, 0.15) is 5.25 Å². The molecule has 0 saturated carbocycles. The van der Waals surface area contributed by atoms with Gasteiger partial charge in [0.15, 0.2) is 9.84 Å². The van der Waals surface area contributed by atoms with Gasteiger partial charge in [-0.25, -0.2) is 8.42 Å². The van der Waals surface area contributed by atoms with Crippen molar-refractivity contribution in [2.24, 2.45) is 0 Å². The van der Waals surface area contributed by atoms with Crippen LogP contribution in [0.15, 0.2) is 0 Å². The molecule has 1 heterocycles. The van der Waals surface area contributed by atoms with Gasteiger partial charge in [-0.3, -0.25) is 9.59 Å². The van der Waals surface area contributed by atoms with Crippen LogP contribution in [0.1, 0.15) is 33.1 Å². The fraction of sp³-hybridized carbons (Fsp3) is 0.833. The summed E-state index contributed by atoms with van der Waals surface area (Å²) in [4.78, 5) is 24.8. The van der Waals surface area contributed by atoms with E-state index in [1.807, 2.05) is 0 Å². The second-order valence-corrected chi connectivity index (χ2v) is 7.54. The molecule has 0 aromatic heterocycles. The minimum Gasteiger partial charge on any atom is -0.469 e. The van der Waals surface area contributed by atoms with Crippen LogP contribution in [0.4, 0.5) is 0 Å². The number of nitrogens with zero attached hydrogens (tertiary/aromatic N) is 1. The van der Waals surface area contributed by atoms with E-state index >= 15 is 0 Å². The molecule has 110 valence electrons. The molecular weight excluding hydrogens is 270 g/mol. The molecule has 1 saturated heterocycles. The van der Waals surface area contributed by atoms with E-state index in [9.17, 15) is 18.0 Å². The minimum absolute atomic E-state index is 0.226. The second-order valence-electron chi connectivity index (χ2n) is 4.85. The van der Waals surface area contributed by atoms with E-state index in [0.717, 1.165) is 12.8 Å². The molecule has 19 heavy (non-hydrogen) atoms. The summed E-state index contributed by atoms with van der Waals surface area (Å²) in [5, 5.41) is -2.02. The normalized spacial score (nSPS) is 19.0. The third-order valence-corrected chi connectivity index (χ3v) is 5.98. The van der Waals surface area contributed by atoms with Gasteiger partial charge >= 0.3 is 5.97 Å². The Labute approximate surface area is 114 Å². The number of esters is 1. The number of sulfone groups is 1. The van der Waals surface area contributed by atoms with Crippen LogP contribution in [0.3, 0.4) is 0 Å². The number of carbonyl (C=O) groups excluding carboxylic acids is 2. The fourth-order valence-corrected chi connectivity index (χ4v) is 3.61. The third kappa shape index (κ3) is 3.68. The number of hydrogen-bond donors (Lipinski definition) is 0. The van der Waals surface area contributed by atoms with Gasteiger partial charge in [-0.2, -0.15) is 0 Å². The van der Waals surface area contributed by atoms with Gasteiger partial charge in [0.05, 0.1) is 18.8 Å². The summed E-state index contributed by atoms with van der Waals surface area (Å²) in [6.45, 7) is 4.05. The lowest BCUT2D eigenvalue weighted by Crippen LogP contribution is -2.43. The summed E-state index contributed by atoms with van der Waals surface area (Å²) in [6, 6.07) is 0. The highest BCUT2D eigenvalue weighted by molar-refractivity contribution is 7.93. The Morgan fingerprint density at radius 2 is 1.74 bits per heavy atom. The van der Waals surface area contributed by atoms with Crippen molar-refractivity contribution in [3.05, 3.63) is 0 Å². The highest BCUT2D eigenvalue weighted by Crippen LogP contribution is 2.18. The molecule has 0 spiro atoms. The number of likely N-dealkylation sites (tertiary alicyclic amines) is 1. The monoisotopic (exact) mass is 291 g/mol. The Bertz CT molecular complexity index is 439. The molecule has 6 nitrogen and oxygen atoms in total. The van der Waals surface area contributed by atoms with Gasteiger partial charge in [0, 0.05) is 13.1 Å². The topological polar surface area (TPSA) is 80.8 Å². The highest BCUT2D eigenvalue weighted by atomic mass is 32.2. The molecule has 1 rings (SSSR count). The van der Waals surface area contributed by atoms with E-state index in [1.165, 1.54) is 21.0 Å². The molecule has 1 amide bonds. The van der Waals surface area contributed by atoms with Crippen LogP contribution in [-0.2, 0) is 24.2 Å². The van der Waals surface area contributed by atoms with E-state index in [4.69, 9.17) is 0 Å². The molecule has 2 atom stereocenters. The van der Waals surface area contributed by atoms with Crippen LogP contribution in [0.5, 0.6) is 0 Å². The number of hydrogen-bond acceptors (Lipinski definition) is 5. The third-order valence-electron chi connectivity index (χ3n) is 3.50. The molecule has 1 aliphatic heterocycles. The first-order chi connectivity index (χ1) is 8.80. The van der Waals surface area contributed by atoms with E-state index in [0.29, 0.717) is 13.1 Å². The van der Waals surface area contributed by atoms with Crippen molar-refractivity contribution in [1.82, 2.24) is 4.90 Å². The van der Waals surface area contributed by atoms with E-state index < -0.39 is 26.3 Å². The summed E-state index contributed by atoms with van der Waals surface area (Å²) in [5.74, 6) is -0.953. The van der Waals surface area contributed by atoms with Crippen molar-refractivity contribution in [2.75, 3.05) is 20.2 Å². The van der Waals surface area contributed by atoms with Crippen molar-refractivity contribution in [3.63, 3.8) is 0 Å². The Morgan fingerprint density at radius 3 is 2.21 bits per heavy atom. The van der Waals surface area contributed by atoms with E-state index in [1.54, 1.807) is 4.90 Å². The number of amides is 1. The number of ether oxygens (including phenoxy) is 1. The zero-order valence-electron chi connectivity index (χ0n) is 11.6. The molecular formula is C12H21NO5S. The maximum absolute atomic E-state index is 12.2. The van der Waals surface area contributed by atoms with Crippen LogP contribution >= 0.6 is 0 Å². The van der Waals surface area contributed by atoms with Crippen LogP contribution in [0.2, 0.25) is 0 Å². The molecule has 0 bridgehead atoms. The lowest BCUT2D eigenvalue weighted by atomic mass is 10.3. The van der Waals surface area contributed by atoms with Gasteiger partial charge < -0.3 is 9.64 Å². The van der Waals surface area contributed by atoms with Gasteiger partial charge in [-0.05, 0) is 26.7 Å².